The van der Waals surface area contributed by atoms with E-state index in [1.54, 1.807) is 10.9 Å². The van der Waals surface area contributed by atoms with E-state index in [1.807, 2.05) is 54.0 Å². The van der Waals surface area contributed by atoms with E-state index in [0.29, 0.717) is 5.25 Å². The van der Waals surface area contributed by atoms with Crippen LogP contribution in [-0.4, -0.2) is 27.5 Å². The zero-order chi connectivity index (χ0) is 14.8. The van der Waals surface area contributed by atoms with Gasteiger partial charge in [-0.3, -0.25) is 9.48 Å². The molecule has 5 heteroatoms. The molecule has 0 unspecified atom stereocenters. The first kappa shape index (κ1) is 14.2. The summed E-state index contributed by atoms with van der Waals surface area (Å²) in [6, 6.07) is 9.72. The van der Waals surface area contributed by atoms with Crippen molar-refractivity contribution in [1.29, 1.82) is 0 Å². The number of benzene rings is 1. The summed E-state index contributed by atoms with van der Waals surface area (Å²) in [4.78, 5) is 16.0. The number of fused-ring (bicyclic) bond motifs is 1. The lowest BCUT2D eigenvalue weighted by molar-refractivity contribution is -0.121. The van der Waals surface area contributed by atoms with Crippen LogP contribution in [0.2, 0.25) is 0 Å². The summed E-state index contributed by atoms with van der Waals surface area (Å²) in [5, 5.41) is 4.71. The first-order valence-electron chi connectivity index (χ1n) is 7.23. The minimum Gasteiger partial charge on any atom is -0.309 e. The van der Waals surface area contributed by atoms with Crippen molar-refractivity contribution in [3.8, 4) is 0 Å². The van der Waals surface area contributed by atoms with E-state index in [-0.39, 0.29) is 11.9 Å². The highest BCUT2D eigenvalue weighted by atomic mass is 32.2. The fourth-order valence-corrected chi connectivity index (χ4v) is 3.68. The summed E-state index contributed by atoms with van der Waals surface area (Å²) in [6.45, 7) is 4.88. The number of carbonyl (C=O) groups is 1. The number of amides is 1. The van der Waals surface area contributed by atoms with Crippen LogP contribution in [0.5, 0.6) is 0 Å². The van der Waals surface area contributed by atoms with Crippen molar-refractivity contribution in [2.45, 2.75) is 36.5 Å². The maximum atomic E-state index is 12.9. The number of carbonyl (C=O) groups excluding carboxylic acids is 1. The molecule has 0 saturated carbocycles. The summed E-state index contributed by atoms with van der Waals surface area (Å²) in [6.07, 6.45) is 4.54. The van der Waals surface area contributed by atoms with Gasteiger partial charge in [0.15, 0.2) is 0 Å². The molecule has 0 radical (unpaired) electrons. The molecule has 0 fully saturated rings. The van der Waals surface area contributed by atoms with Crippen molar-refractivity contribution in [2.24, 2.45) is 0 Å². The molecule has 0 spiro atoms. The Balaban J connectivity index is 1.92. The van der Waals surface area contributed by atoms with E-state index < -0.39 is 0 Å². The van der Waals surface area contributed by atoms with Crippen molar-refractivity contribution in [3.05, 3.63) is 42.7 Å². The molecule has 2 aromatic rings. The molecule has 1 amide bonds. The van der Waals surface area contributed by atoms with E-state index >= 15 is 0 Å². The number of thioether (sulfide) groups is 1. The molecule has 2 atom stereocenters. The second kappa shape index (κ2) is 5.93. The molecule has 0 saturated heterocycles. The number of anilines is 1. The molecular weight excluding hydrogens is 282 g/mol. The third-order valence-corrected chi connectivity index (χ3v) is 5.03. The second-order valence-corrected chi connectivity index (χ2v) is 6.82. The lowest BCUT2D eigenvalue weighted by Crippen LogP contribution is -2.37. The Kier molecular flexibility index (Phi) is 4.01. The number of rotatable bonds is 2. The van der Waals surface area contributed by atoms with Crippen LogP contribution in [0.1, 0.15) is 26.3 Å². The van der Waals surface area contributed by atoms with Crippen LogP contribution in [0.25, 0.3) is 0 Å². The fourth-order valence-electron chi connectivity index (χ4n) is 2.56. The molecule has 1 aromatic carbocycles. The van der Waals surface area contributed by atoms with Gasteiger partial charge in [0.1, 0.15) is 6.04 Å². The van der Waals surface area contributed by atoms with Crippen LogP contribution in [0.4, 0.5) is 5.69 Å². The Morgan fingerprint density at radius 1 is 1.38 bits per heavy atom. The third-order valence-electron chi connectivity index (χ3n) is 3.79. The Hall–Kier alpha value is -1.75. The van der Waals surface area contributed by atoms with Gasteiger partial charge >= 0.3 is 0 Å². The smallest absolute Gasteiger partial charge is 0.251 e. The zero-order valence-electron chi connectivity index (χ0n) is 12.3. The molecular formula is C16H19N3OS. The Bertz CT molecular complexity index is 626. The summed E-state index contributed by atoms with van der Waals surface area (Å²) >= 11 is 1.85. The van der Waals surface area contributed by atoms with Gasteiger partial charge in [0.25, 0.3) is 5.91 Å². The maximum absolute atomic E-state index is 12.9. The van der Waals surface area contributed by atoms with Gasteiger partial charge in [-0.05, 0) is 31.5 Å². The van der Waals surface area contributed by atoms with Crippen molar-refractivity contribution < 1.29 is 4.79 Å². The standard InChI is InChI=1S/C16H19N3OS/c1-12-8-11-18(14-6-3-4-7-15(14)21-12)16(20)13(2)19-10-5-9-17-19/h3-7,9-10,12-13H,8,11H2,1-2H3/t12-,13+/m1/s1. The molecule has 0 N–H and O–H groups in total. The quantitative estimate of drug-likeness (QED) is 0.853. The van der Waals surface area contributed by atoms with Crippen LogP contribution in [-0.2, 0) is 4.79 Å². The van der Waals surface area contributed by atoms with Crippen LogP contribution < -0.4 is 4.90 Å². The zero-order valence-corrected chi connectivity index (χ0v) is 13.1. The molecule has 1 aromatic heterocycles. The van der Waals surface area contributed by atoms with Gasteiger partial charge in [0.2, 0.25) is 0 Å². The molecule has 21 heavy (non-hydrogen) atoms. The van der Waals surface area contributed by atoms with E-state index in [0.717, 1.165) is 18.7 Å². The summed E-state index contributed by atoms with van der Waals surface area (Å²) < 4.78 is 1.71. The van der Waals surface area contributed by atoms with Gasteiger partial charge in [-0.15, -0.1) is 11.8 Å². The number of aromatic nitrogens is 2. The van der Waals surface area contributed by atoms with Gasteiger partial charge in [0.05, 0.1) is 5.69 Å². The number of para-hydroxylation sites is 1. The molecule has 110 valence electrons. The van der Waals surface area contributed by atoms with Gasteiger partial charge in [0, 0.05) is 29.1 Å². The molecule has 4 nitrogen and oxygen atoms in total. The minimum atomic E-state index is -0.286. The highest BCUT2D eigenvalue weighted by Crippen LogP contribution is 2.37. The molecule has 3 rings (SSSR count). The topological polar surface area (TPSA) is 38.1 Å². The molecule has 0 bridgehead atoms. The van der Waals surface area contributed by atoms with Crippen LogP contribution >= 0.6 is 11.8 Å². The van der Waals surface area contributed by atoms with Gasteiger partial charge in [-0.2, -0.15) is 5.10 Å². The second-order valence-electron chi connectivity index (χ2n) is 5.34. The first-order valence-corrected chi connectivity index (χ1v) is 8.11. The number of hydrogen-bond acceptors (Lipinski definition) is 3. The summed E-state index contributed by atoms with van der Waals surface area (Å²) in [5.41, 5.74) is 1.02. The number of nitrogens with zero attached hydrogens (tertiary/aromatic N) is 3. The summed E-state index contributed by atoms with van der Waals surface area (Å²) in [5.74, 6) is 0.0980. The molecule has 0 aliphatic carbocycles. The van der Waals surface area contributed by atoms with Crippen molar-refractivity contribution in [1.82, 2.24) is 9.78 Å². The van der Waals surface area contributed by atoms with Crippen molar-refractivity contribution in [3.63, 3.8) is 0 Å². The monoisotopic (exact) mass is 301 g/mol. The highest BCUT2D eigenvalue weighted by Gasteiger charge is 2.28. The minimum absolute atomic E-state index is 0.0980. The van der Waals surface area contributed by atoms with Crippen LogP contribution in [0.3, 0.4) is 0 Å². The summed E-state index contributed by atoms with van der Waals surface area (Å²) in [7, 11) is 0. The van der Waals surface area contributed by atoms with E-state index in [1.165, 1.54) is 4.90 Å². The highest BCUT2D eigenvalue weighted by molar-refractivity contribution is 8.00. The maximum Gasteiger partial charge on any atom is 0.251 e. The Morgan fingerprint density at radius 2 is 2.19 bits per heavy atom. The fraction of sp³-hybridized carbons (Fsp3) is 0.375. The normalized spacial score (nSPS) is 19.7. The molecule has 2 heterocycles. The molecule has 1 aliphatic heterocycles. The lowest BCUT2D eigenvalue weighted by atomic mass is 10.2. The predicted octanol–water partition coefficient (Wildman–Crippen LogP) is 3.36. The predicted molar refractivity (Wildman–Crippen MR) is 85.7 cm³/mol. The number of hydrogen-bond donors (Lipinski definition) is 0. The van der Waals surface area contributed by atoms with Gasteiger partial charge in [-0.25, -0.2) is 0 Å². The first-order chi connectivity index (χ1) is 10.2. The van der Waals surface area contributed by atoms with E-state index in [9.17, 15) is 4.79 Å². The SMILES string of the molecule is C[C@@H]1CCN(C(=O)[C@H](C)n2cccn2)c2ccccc2S1. The van der Waals surface area contributed by atoms with E-state index in [2.05, 4.69) is 18.1 Å². The van der Waals surface area contributed by atoms with Crippen molar-refractivity contribution >= 4 is 23.4 Å². The van der Waals surface area contributed by atoms with E-state index in [4.69, 9.17) is 0 Å². The average Bonchev–Trinajstić information content (AvgIpc) is 2.96. The van der Waals surface area contributed by atoms with Crippen molar-refractivity contribution in [2.75, 3.05) is 11.4 Å². The van der Waals surface area contributed by atoms with Crippen LogP contribution in [0.15, 0.2) is 47.6 Å². The Labute approximate surface area is 129 Å². The van der Waals surface area contributed by atoms with Gasteiger partial charge in [-0.1, -0.05) is 19.1 Å². The largest absolute Gasteiger partial charge is 0.309 e. The average molecular weight is 301 g/mol. The van der Waals surface area contributed by atoms with Crippen LogP contribution in [0, 0.1) is 0 Å². The third kappa shape index (κ3) is 2.83. The lowest BCUT2D eigenvalue weighted by Gasteiger charge is -2.25. The Morgan fingerprint density at radius 3 is 2.95 bits per heavy atom. The molecule has 1 aliphatic rings. The van der Waals surface area contributed by atoms with Gasteiger partial charge < -0.3 is 4.90 Å².